The molecule has 0 saturated heterocycles. The molecule has 0 aliphatic carbocycles. The summed E-state index contributed by atoms with van der Waals surface area (Å²) in [4.78, 5) is 0. The van der Waals surface area contributed by atoms with Crippen LogP contribution in [0, 0.1) is 0 Å². The van der Waals surface area contributed by atoms with E-state index in [1.54, 1.807) is 0 Å². The van der Waals surface area contributed by atoms with E-state index in [-0.39, 0.29) is 12.4 Å². The quantitative estimate of drug-likeness (QED) is 0.784. The van der Waals surface area contributed by atoms with E-state index in [2.05, 4.69) is 22.9 Å². The zero-order valence-electron chi connectivity index (χ0n) is 11.4. The lowest BCUT2D eigenvalue weighted by atomic mass is 9.97. The number of unbranched alkanes of at least 4 members (excludes halogenated alkanes) is 1. The topological polar surface area (TPSA) is 55.5 Å². The molecular formula is C14H23BrClNO2. The molecule has 1 aromatic carbocycles. The van der Waals surface area contributed by atoms with E-state index >= 15 is 0 Å². The van der Waals surface area contributed by atoms with Gasteiger partial charge in [0.05, 0.1) is 18.8 Å². The zero-order valence-corrected chi connectivity index (χ0v) is 13.8. The molecule has 0 unspecified atom stereocenters. The van der Waals surface area contributed by atoms with Gasteiger partial charge in [-0.05, 0) is 31.5 Å². The van der Waals surface area contributed by atoms with E-state index in [4.69, 9.17) is 10.5 Å². The second-order valence-electron chi connectivity index (χ2n) is 4.35. The van der Waals surface area contributed by atoms with Gasteiger partial charge in [-0.3, -0.25) is 0 Å². The third-order valence-corrected chi connectivity index (χ3v) is 3.39. The van der Waals surface area contributed by atoms with Crippen molar-refractivity contribution in [3.63, 3.8) is 0 Å². The predicted octanol–water partition coefficient (Wildman–Crippen LogP) is 3.82. The maximum Gasteiger partial charge on any atom is 0.124 e. The van der Waals surface area contributed by atoms with Gasteiger partial charge in [-0.25, -0.2) is 0 Å². The molecule has 0 radical (unpaired) electrons. The first-order valence-electron chi connectivity index (χ1n) is 6.46. The Morgan fingerprint density at radius 3 is 2.63 bits per heavy atom. The summed E-state index contributed by atoms with van der Waals surface area (Å²) in [5.41, 5.74) is 6.98. The highest BCUT2D eigenvalue weighted by atomic mass is 79.9. The van der Waals surface area contributed by atoms with Crippen molar-refractivity contribution >= 4 is 28.3 Å². The van der Waals surface area contributed by atoms with Gasteiger partial charge >= 0.3 is 0 Å². The van der Waals surface area contributed by atoms with Gasteiger partial charge in [0.25, 0.3) is 0 Å². The van der Waals surface area contributed by atoms with Crippen LogP contribution in [0.4, 0.5) is 0 Å². The highest BCUT2D eigenvalue weighted by Gasteiger charge is 2.20. The average molecular weight is 353 g/mol. The highest BCUT2D eigenvalue weighted by molar-refractivity contribution is 9.10. The minimum atomic E-state index is -0.529. The second kappa shape index (κ2) is 9.59. The number of halogens is 2. The predicted molar refractivity (Wildman–Crippen MR) is 85.0 cm³/mol. The number of benzene rings is 1. The molecule has 2 atom stereocenters. The highest BCUT2D eigenvalue weighted by Crippen LogP contribution is 2.30. The van der Waals surface area contributed by atoms with E-state index in [1.807, 2.05) is 25.1 Å². The SMILES string of the molecule is CCCC[C@@H](O)[C@@H](N)c1cc(Br)ccc1OCC.Cl. The summed E-state index contributed by atoms with van der Waals surface area (Å²) in [7, 11) is 0. The van der Waals surface area contributed by atoms with Crippen molar-refractivity contribution in [1.82, 2.24) is 0 Å². The van der Waals surface area contributed by atoms with Crippen LogP contribution in [0.25, 0.3) is 0 Å². The van der Waals surface area contributed by atoms with Crippen molar-refractivity contribution in [3.05, 3.63) is 28.2 Å². The fourth-order valence-electron chi connectivity index (χ4n) is 1.87. The average Bonchev–Trinajstić information content (AvgIpc) is 2.37. The molecule has 1 aromatic rings. The summed E-state index contributed by atoms with van der Waals surface area (Å²) in [5, 5.41) is 10.1. The molecule has 0 aliphatic heterocycles. The number of aliphatic hydroxyl groups excluding tert-OH is 1. The van der Waals surface area contributed by atoms with E-state index < -0.39 is 12.1 Å². The van der Waals surface area contributed by atoms with Gasteiger partial charge in [0.15, 0.2) is 0 Å². The summed E-state index contributed by atoms with van der Waals surface area (Å²) >= 11 is 3.42. The lowest BCUT2D eigenvalue weighted by Crippen LogP contribution is -2.26. The standard InChI is InChI=1S/C14H22BrNO2.ClH/c1-3-5-6-12(17)14(16)11-9-10(15)7-8-13(11)18-4-2;/h7-9,12,14,17H,3-6,16H2,1-2H3;1H/t12-,14+;/m1./s1. The van der Waals surface area contributed by atoms with Crippen molar-refractivity contribution < 1.29 is 9.84 Å². The molecule has 19 heavy (non-hydrogen) atoms. The van der Waals surface area contributed by atoms with Gasteiger partial charge < -0.3 is 15.6 Å². The Morgan fingerprint density at radius 1 is 1.37 bits per heavy atom. The smallest absolute Gasteiger partial charge is 0.124 e. The number of nitrogens with two attached hydrogens (primary N) is 1. The van der Waals surface area contributed by atoms with Crippen molar-refractivity contribution in [2.45, 2.75) is 45.3 Å². The summed E-state index contributed by atoms with van der Waals surface area (Å²) in [6.07, 6.45) is 2.22. The molecule has 3 N–H and O–H groups in total. The Bertz CT molecular complexity index is 376. The molecule has 0 heterocycles. The summed E-state index contributed by atoms with van der Waals surface area (Å²) in [6, 6.07) is 5.32. The van der Waals surface area contributed by atoms with Crippen LogP contribution < -0.4 is 10.5 Å². The fourth-order valence-corrected chi connectivity index (χ4v) is 2.25. The lowest BCUT2D eigenvalue weighted by molar-refractivity contribution is 0.131. The molecule has 0 amide bonds. The largest absolute Gasteiger partial charge is 0.494 e. The van der Waals surface area contributed by atoms with E-state index in [0.717, 1.165) is 35.0 Å². The molecule has 0 fully saturated rings. The molecule has 1 rings (SSSR count). The van der Waals surface area contributed by atoms with Gasteiger partial charge in [-0.2, -0.15) is 0 Å². The minimum absolute atomic E-state index is 0. The van der Waals surface area contributed by atoms with Gasteiger partial charge in [-0.15, -0.1) is 12.4 Å². The Kier molecular flexibility index (Phi) is 9.44. The Hall–Kier alpha value is -0.290. The van der Waals surface area contributed by atoms with E-state index in [1.165, 1.54) is 0 Å². The van der Waals surface area contributed by atoms with Gasteiger partial charge in [0.2, 0.25) is 0 Å². The molecule has 110 valence electrons. The number of rotatable bonds is 7. The Balaban J connectivity index is 0.00000324. The van der Waals surface area contributed by atoms with Crippen LogP contribution in [-0.2, 0) is 0 Å². The van der Waals surface area contributed by atoms with E-state index in [0.29, 0.717) is 6.61 Å². The zero-order chi connectivity index (χ0) is 13.5. The van der Waals surface area contributed by atoms with Crippen molar-refractivity contribution in [2.24, 2.45) is 5.73 Å². The molecule has 0 spiro atoms. The second-order valence-corrected chi connectivity index (χ2v) is 5.27. The molecule has 0 aliphatic rings. The maximum absolute atomic E-state index is 10.1. The van der Waals surface area contributed by atoms with Crippen LogP contribution in [0.5, 0.6) is 5.75 Å². The van der Waals surface area contributed by atoms with Gasteiger partial charge in [0, 0.05) is 10.0 Å². The van der Waals surface area contributed by atoms with Crippen LogP contribution in [0.1, 0.15) is 44.7 Å². The van der Waals surface area contributed by atoms with Crippen LogP contribution in [0.3, 0.4) is 0 Å². The molecule has 0 bridgehead atoms. The number of hydrogen-bond acceptors (Lipinski definition) is 3. The van der Waals surface area contributed by atoms with Gasteiger partial charge in [0.1, 0.15) is 5.75 Å². The van der Waals surface area contributed by atoms with Crippen molar-refractivity contribution in [1.29, 1.82) is 0 Å². The first kappa shape index (κ1) is 18.7. The van der Waals surface area contributed by atoms with Crippen molar-refractivity contribution in [3.8, 4) is 5.75 Å². The van der Waals surface area contributed by atoms with Crippen LogP contribution >= 0.6 is 28.3 Å². The maximum atomic E-state index is 10.1. The molecule has 0 aromatic heterocycles. The summed E-state index contributed by atoms with van der Waals surface area (Å²) in [5.74, 6) is 0.753. The molecule has 5 heteroatoms. The normalized spacial score (nSPS) is 13.5. The Labute approximate surface area is 130 Å². The monoisotopic (exact) mass is 351 g/mol. The van der Waals surface area contributed by atoms with Crippen molar-refractivity contribution in [2.75, 3.05) is 6.61 Å². The molecule has 0 saturated carbocycles. The van der Waals surface area contributed by atoms with Crippen LogP contribution in [0.2, 0.25) is 0 Å². The molecular weight excluding hydrogens is 330 g/mol. The van der Waals surface area contributed by atoms with E-state index in [9.17, 15) is 5.11 Å². The number of hydrogen-bond donors (Lipinski definition) is 2. The first-order chi connectivity index (χ1) is 8.60. The number of aliphatic hydroxyl groups is 1. The Morgan fingerprint density at radius 2 is 2.05 bits per heavy atom. The fraction of sp³-hybridized carbons (Fsp3) is 0.571. The third-order valence-electron chi connectivity index (χ3n) is 2.90. The summed E-state index contributed by atoms with van der Waals surface area (Å²) in [6.45, 7) is 4.63. The van der Waals surface area contributed by atoms with Crippen LogP contribution in [-0.4, -0.2) is 17.8 Å². The number of ether oxygens (including phenoxy) is 1. The summed E-state index contributed by atoms with van der Waals surface area (Å²) < 4.78 is 6.50. The molecule has 3 nitrogen and oxygen atoms in total. The lowest BCUT2D eigenvalue weighted by Gasteiger charge is -2.21. The minimum Gasteiger partial charge on any atom is -0.494 e. The van der Waals surface area contributed by atoms with Crippen LogP contribution in [0.15, 0.2) is 22.7 Å². The van der Waals surface area contributed by atoms with Gasteiger partial charge in [-0.1, -0.05) is 35.7 Å². The first-order valence-corrected chi connectivity index (χ1v) is 7.25. The third kappa shape index (κ3) is 5.69.